The summed E-state index contributed by atoms with van der Waals surface area (Å²) in [5.74, 6) is 0. The van der Waals surface area contributed by atoms with E-state index < -0.39 is 5.60 Å². The minimum absolute atomic E-state index is 0.485. The van der Waals surface area contributed by atoms with Gasteiger partial charge in [0.2, 0.25) is 0 Å². The van der Waals surface area contributed by atoms with Crippen LogP contribution in [0.5, 0.6) is 0 Å². The number of hydrogen-bond donors (Lipinski definition) is 1. The molecule has 0 amide bonds. The van der Waals surface area contributed by atoms with Gasteiger partial charge in [-0.15, -0.1) is 0 Å². The normalized spacial score (nSPS) is 12.0. The van der Waals surface area contributed by atoms with Gasteiger partial charge >= 0.3 is 0 Å². The summed E-state index contributed by atoms with van der Waals surface area (Å²) in [5.41, 5.74) is 0.0486. The molecule has 0 fully saturated rings. The van der Waals surface area contributed by atoms with Crippen molar-refractivity contribution in [3.63, 3.8) is 0 Å². The van der Waals surface area contributed by atoms with E-state index in [2.05, 4.69) is 4.98 Å². The Morgan fingerprint density at radius 2 is 1.93 bits per heavy atom. The molecule has 0 aliphatic rings. The zero-order valence-electron chi connectivity index (χ0n) is 8.66. The molecule has 0 saturated heterocycles. The highest BCUT2D eigenvalue weighted by Gasteiger charge is 2.15. The van der Waals surface area contributed by atoms with Crippen LogP contribution in [0.15, 0.2) is 30.5 Å². The summed E-state index contributed by atoms with van der Waals surface area (Å²) in [4.78, 5) is 4.01. The van der Waals surface area contributed by atoms with Crippen LogP contribution in [0.4, 0.5) is 0 Å². The number of benzene rings is 1. The van der Waals surface area contributed by atoms with Crippen molar-refractivity contribution in [2.24, 2.45) is 0 Å². The van der Waals surface area contributed by atoms with E-state index in [1.54, 1.807) is 20.0 Å². The zero-order chi connectivity index (χ0) is 11.1. The Morgan fingerprint density at radius 1 is 1.20 bits per heavy atom. The number of aliphatic hydroxyl groups is 1. The predicted octanol–water partition coefficient (Wildman–Crippen LogP) is 3.12. The molecule has 0 bridgehead atoms. The maximum atomic E-state index is 9.86. The number of aromatic nitrogens is 1. The minimum atomic E-state index is -0.826. The maximum absolute atomic E-state index is 9.86. The summed E-state index contributed by atoms with van der Waals surface area (Å²) < 4.78 is 0. The van der Waals surface area contributed by atoms with Crippen LogP contribution in [-0.2, 0) is 5.60 Å². The van der Waals surface area contributed by atoms with Gasteiger partial charge in [-0.05, 0) is 36.9 Å². The van der Waals surface area contributed by atoms with Gasteiger partial charge in [0.25, 0.3) is 0 Å². The molecule has 0 aliphatic carbocycles. The van der Waals surface area contributed by atoms with Crippen molar-refractivity contribution < 1.29 is 5.11 Å². The van der Waals surface area contributed by atoms with E-state index in [1.807, 2.05) is 24.3 Å². The summed E-state index contributed by atoms with van der Waals surface area (Å²) >= 11 is 5.79. The van der Waals surface area contributed by atoms with Gasteiger partial charge < -0.3 is 5.11 Å². The molecule has 2 aromatic rings. The Hall–Kier alpha value is -1.12. The van der Waals surface area contributed by atoms with Crippen LogP contribution >= 0.6 is 11.6 Å². The van der Waals surface area contributed by atoms with Gasteiger partial charge in [-0.25, -0.2) is 4.98 Å². The van der Waals surface area contributed by atoms with E-state index in [-0.39, 0.29) is 0 Å². The molecule has 0 spiro atoms. The molecule has 0 radical (unpaired) electrons. The Bertz CT molecular complexity index is 502. The molecule has 3 heteroatoms. The van der Waals surface area contributed by atoms with Crippen molar-refractivity contribution in [3.05, 3.63) is 41.2 Å². The Kier molecular flexibility index (Phi) is 2.41. The van der Waals surface area contributed by atoms with Crippen LogP contribution < -0.4 is 0 Å². The van der Waals surface area contributed by atoms with Crippen LogP contribution in [0.3, 0.4) is 0 Å². The second kappa shape index (κ2) is 3.47. The molecule has 1 aromatic heterocycles. The largest absolute Gasteiger partial charge is 0.386 e. The van der Waals surface area contributed by atoms with E-state index in [0.29, 0.717) is 5.15 Å². The third-order valence-corrected chi connectivity index (χ3v) is 2.60. The van der Waals surface area contributed by atoms with E-state index >= 15 is 0 Å². The van der Waals surface area contributed by atoms with Crippen LogP contribution in [-0.4, -0.2) is 10.1 Å². The average Bonchev–Trinajstić information content (AvgIpc) is 2.15. The first-order valence-corrected chi connectivity index (χ1v) is 5.13. The number of fused-ring (bicyclic) bond motifs is 1. The summed E-state index contributed by atoms with van der Waals surface area (Å²) in [6.07, 6.45) is 1.72. The molecule has 2 nitrogen and oxygen atoms in total. The first kappa shape index (κ1) is 10.4. The summed E-state index contributed by atoms with van der Waals surface area (Å²) in [6, 6.07) is 7.58. The topological polar surface area (TPSA) is 33.1 Å². The fourth-order valence-corrected chi connectivity index (χ4v) is 1.66. The molecule has 1 aromatic carbocycles. The van der Waals surface area contributed by atoms with Crippen LogP contribution in [0.2, 0.25) is 5.15 Å². The van der Waals surface area contributed by atoms with E-state index in [0.717, 1.165) is 16.3 Å². The lowest BCUT2D eigenvalue weighted by Gasteiger charge is -2.18. The molecular weight excluding hydrogens is 210 g/mol. The Morgan fingerprint density at radius 3 is 2.60 bits per heavy atom. The number of hydrogen-bond acceptors (Lipinski definition) is 2. The molecule has 0 unspecified atom stereocenters. The predicted molar refractivity (Wildman–Crippen MR) is 62.0 cm³/mol. The zero-order valence-corrected chi connectivity index (χ0v) is 9.42. The SMILES string of the molecule is CC(C)(O)c1ccc2cc(Cl)ncc2c1. The van der Waals surface area contributed by atoms with Crippen molar-refractivity contribution in [2.75, 3.05) is 0 Å². The van der Waals surface area contributed by atoms with Crippen LogP contribution in [0, 0.1) is 0 Å². The maximum Gasteiger partial charge on any atom is 0.129 e. The van der Waals surface area contributed by atoms with Crippen molar-refractivity contribution in [3.8, 4) is 0 Å². The lowest BCUT2D eigenvalue weighted by Crippen LogP contribution is -2.14. The van der Waals surface area contributed by atoms with E-state index in [4.69, 9.17) is 11.6 Å². The second-order valence-corrected chi connectivity index (χ2v) is 4.52. The van der Waals surface area contributed by atoms with Gasteiger partial charge in [0.15, 0.2) is 0 Å². The first-order valence-electron chi connectivity index (χ1n) is 4.75. The highest BCUT2D eigenvalue weighted by molar-refractivity contribution is 6.30. The third-order valence-electron chi connectivity index (χ3n) is 2.39. The minimum Gasteiger partial charge on any atom is -0.386 e. The van der Waals surface area contributed by atoms with Crippen molar-refractivity contribution >= 4 is 22.4 Å². The fraction of sp³-hybridized carbons (Fsp3) is 0.250. The Balaban J connectivity index is 2.62. The molecular formula is C12H12ClNO. The van der Waals surface area contributed by atoms with Gasteiger partial charge in [-0.2, -0.15) is 0 Å². The smallest absolute Gasteiger partial charge is 0.129 e. The standard InChI is InChI=1S/C12H12ClNO/c1-12(2,15)10-4-3-8-6-11(13)14-7-9(8)5-10/h3-7,15H,1-2H3. The van der Waals surface area contributed by atoms with Gasteiger partial charge in [0.1, 0.15) is 5.15 Å². The molecule has 1 N–H and O–H groups in total. The molecule has 2 rings (SSSR count). The molecule has 1 heterocycles. The van der Waals surface area contributed by atoms with E-state index in [1.165, 1.54) is 0 Å². The molecule has 0 aliphatic heterocycles. The average molecular weight is 222 g/mol. The first-order chi connectivity index (χ1) is 6.97. The van der Waals surface area contributed by atoms with Gasteiger partial charge in [0.05, 0.1) is 5.60 Å². The van der Waals surface area contributed by atoms with Gasteiger partial charge in [0, 0.05) is 11.6 Å². The summed E-state index contributed by atoms with van der Waals surface area (Å²) in [6.45, 7) is 3.52. The van der Waals surface area contributed by atoms with Gasteiger partial charge in [-0.3, -0.25) is 0 Å². The monoisotopic (exact) mass is 221 g/mol. The number of rotatable bonds is 1. The number of halogens is 1. The van der Waals surface area contributed by atoms with E-state index in [9.17, 15) is 5.11 Å². The van der Waals surface area contributed by atoms with Gasteiger partial charge in [-0.1, -0.05) is 23.7 Å². The highest BCUT2D eigenvalue weighted by Crippen LogP contribution is 2.24. The quantitative estimate of drug-likeness (QED) is 0.751. The lowest BCUT2D eigenvalue weighted by atomic mass is 9.96. The van der Waals surface area contributed by atoms with Crippen LogP contribution in [0.1, 0.15) is 19.4 Å². The fourth-order valence-electron chi connectivity index (χ4n) is 1.50. The molecule has 78 valence electrons. The Labute approximate surface area is 93.5 Å². The third kappa shape index (κ3) is 2.11. The molecule has 15 heavy (non-hydrogen) atoms. The van der Waals surface area contributed by atoms with Crippen LogP contribution in [0.25, 0.3) is 10.8 Å². The summed E-state index contributed by atoms with van der Waals surface area (Å²) in [5, 5.41) is 12.4. The van der Waals surface area contributed by atoms with Crippen molar-refractivity contribution in [1.82, 2.24) is 4.98 Å². The molecule has 0 atom stereocenters. The lowest BCUT2D eigenvalue weighted by molar-refractivity contribution is 0.0787. The summed E-state index contributed by atoms with van der Waals surface area (Å²) in [7, 11) is 0. The van der Waals surface area contributed by atoms with Crippen molar-refractivity contribution in [1.29, 1.82) is 0 Å². The molecule has 0 saturated carbocycles. The highest BCUT2D eigenvalue weighted by atomic mass is 35.5. The van der Waals surface area contributed by atoms with Crippen molar-refractivity contribution in [2.45, 2.75) is 19.4 Å². The number of nitrogens with zero attached hydrogens (tertiary/aromatic N) is 1. The second-order valence-electron chi connectivity index (χ2n) is 4.13. The number of pyridine rings is 1.